The van der Waals surface area contributed by atoms with E-state index < -0.39 is 0 Å². The minimum absolute atomic E-state index is 0.407. The lowest BCUT2D eigenvalue weighted by molar-refractivity contribution is 0.295. The van der Waals surface area contributed by atoms with Gasteiger partial charge in [0.05, 0.1) is 14.2 Å². The molecule has 0 radical (unpaired) electrons. The molecule has 0 N–H and O–H groups in total. The zero-order valence-electron chi connectivity index (χ0n) is 31.7. The number of anilines is 2. The van der Waals surface area contributed by atoms with Crippen molar-refractivity contribution in [1.82, 2.24) is 0 Å². The predicted molar refractivity (Wildman–Crippen MR) is 217 cm³/mol. The third-order valence-corrected chi connectivity index (χ3v) is 11.1. The van der Waals surface area contributed by atoms with Gasteiger partial charge in [-0.05, 0) is 94.5 Å². The summed E-state index contributed by atoms with van der Waals surface area (Å²) in [6.45, 7) is 18.4. The largest absolute Gasteiger partial charge is 0.496 e. The van der Waals surface area contributed by atoms with Crippen LogP contribution in [-0.4, -0.2) is 53.0 Å². The second-order valence-electron chi connectivity index (χ2n) is 14.3. The van der Waals surface area contributed by atoms with Crippen molar-refractivity contribution in [2.45, 2.75) is 79.1 Å². The van der Waals surface area contributed by atoms with Gasteiger partial charge in [-0.2, -0.15) is 0 Å². The van der Waals surface area contributed by atoms with Crippen LogP contribution in [0.15, 0.2) is 83.4 Å². The topological polar surface area (TPSA) is 24.9 Å². The van der Waals surface area contributed by atoms with Gasteiger partial charge in [0.1, 0.15) is 11.5 Å². The maximum Gasteiger partial charge on any atom is 0.127 e. The van der Waals surface area contributed by atoms with Crippen LogP contribution >= 0.6 is 16.4 Å². The van der Waals surface area contributed by atoms with E-state index in [1.54, 1.807) is 14.2 Å². The van der Waals surface area contributed by atoms with Crippen LogP contribution < -0.4 is 20.4 Å². The molecule has 4 rings (SSSR count). The molecule has 0 atom stereocenters. The summed E-state index contributed by atoms with van der Waals surface area (Å²) < 4.78 is 12.3. The summed E-state index contributed by atoms with van der Waals surface area (Å²) in [5.41, 5.74) is 10.4. The first-order valence-electron chi connectivity index (χ1n) is 17.2. The monoisotopic (exact) mass is 682 g/mol. The molecule has 6 heteroatoms. The highest BCUT2D eigenvalue weighted by Crippen LogP contribution is 2.38. The van der Waals surface area contributed by atoms with Crippen LogP contribution in [0.2, 0.25) is 0 Å². The molecule has 2 aromatic carbocycles. The van der Waals surface area contributed by atoms with E-state index in [-0.39, 0.29) is 0 Å². The third-order valence-electron chi connectivity index (χ3n) is 8.89. The van der Waals surface area contributed by atoms with Crippen LogP contribution in [0.1, 0.15) is 101 Å². The summed E-state index contributed by atoms with van der Waals surface area (Å²) in [6.07, 6.45) is 12.9. The molecule has 256 valence electrons. The van der Waals surface area contributed by atoms with E-state index in [4.69, 9.17) is 9.47 Å². The number of rotatable bonds is 10. The highest BCUT2D eigenvalue weighted by atomic mass is 31.1. The van der Waals surface area contributed by atoms with Crippen LogP contribution in [0, 0.1) is 0 Å². The Morgan fingerprint density at radius 2 is 0.792 bits per heavy atom. The molecule has 2 aromatic rings. The fraction of sp³-hybridized carbons (Fsp3) is 0.429. The lowest BCUT2D eigenvalue weighted by Gasteiger charge is -2.27. The summed E-state index contributed by atoms with van der Waals surface area (Å²) in [7, 11) is 14.5. The van der Waals surface area contributed by atoms with Crippen LogP contribution in [0.4, 0.5) is 11.4 Å². The molecule has 0 heterocycles. The Hall–Kier alpha value is -3.32. The van der Waals surface area contributed by atoms with Gasteiger partial charge in [0.2, 0.25) is 0 Å². The van der Waals surface area contributed by atoms with E-state index in [9.17, 15) is 0 Å². The van der Waals surface area contributed by atoms with Crippen molar-refractivity contribution >= 4 is 49.0 Å². The van der Waals surface area contributed by atoms with E-state index in [0.29, 0.717) is 23.7 Å². The Morgan fingerprint density at radius 1 is 0.500 bits per heavy atom. The molecule has 0 saturated heterocycles. The van der Waals surface area contributed by atoms with Gasteiger partial charge < -0.3 is 19.3 Å². The summed E-state index contributed by atoms with van der Waals surface area (Å²) >= 11 is 0. The fourth-order valence-corrected chi connectivity index (χ4v) is 8.96. The van der Waals surface area contributed by atoms with Gasteiger partial charge in [-0.25, -0.2) is 0 Å². The number of hydrogen-bond acceptors (Lipinski definition) is 4. The van der Waals surface area contributed by atoms with Gasteiger partial charge >= 0.3 is 0 Å². The molecule has 2 aliphatic carbocycles. The SMILES string of the molecule is COC1=CC=CC(=Pc2cc(C(C)C)c(N(C)C)c(C(C)C)c2)C1=C1C(OC)=CC=CC1=Pc1cc(C(C)C)c(N(C)C)c(C(C)C)c1. The predicted octanol–water partition coefficient (Wildman–Crippen LogP) is 10.00. The first kappa shape index (κ1) is 37.5. The maximum absolute atomic E-state index is 6.13. The Kier molecular flexibility index (Phi) is 12.4. The molecular weight excluding hydrogens is 626 g/mol. The second-order valence-corrected chi connectivity index (χ2v) is 16.7. The average molecular weight is 683 g/mol. The Balaban J connectivity index is 2.04. The molecule has 0 aliphatic heterocycles. The van der Waals surface area contributed by atoms with Gasteiger partial charge in [-0.3, -0.25) is 0 Å². The standard InChI is InChI=1S/C42H56N2O2P2/c1-25(2)31-21-29(22-32(26(3)4)41(31)43(9)10)47-37-19-15-17-35(45-13)39(37)40-36(46-14)18-16-20-38(40)48-30-23-33(27(5)6)42(44(11)12)34(24-30)28(7)8/h15-28H,1-14H3. The van der Waals surface area contributed by atoms with Crippen molar-refractivity contribution in [2.24, 2.45) is 0 Å². The molecule has 0 saturated carbocycles. The highest BCUT2D eigenvalue weighted by molar-refractivity contribution is 7.51. The van der Waals surface area contributed by atoms with E-state index >= 15 is 0 Å². The summed E-state index contributed by atoms with van der Waals surface area (Å²) in [5.74, 6) is 3.34. The summed E-state index contributed by atoms with van der Waals surface area (Å²) in [5, 5.41) is 4.98. The van der Waals surface area contributed by atoms with Crippen LogP contribution in [0.25, 0.3) is 0 Å². The molecule has 2 aliphatic rings. The molecule has 4 nitrogen and oxygen atoms in total. The van der Waals surface area contributed by atoms with Gasteiger partial charge in [-0.15, -0.1) is 0 Å². The van der Waals surface area contributed by atoms with Crippen molar-refractivity contribution < 1.29 is 9.47 Å². The number of nitrogens with zero attached hydrogens (tertiary/aromatic N) is 2. The van der Waals surface area contributed by atoms with Crippen LogP contribution in [0.3, 0.4) is 0 Å². The highest BCUT2D eigenvalue weighted by Gasteiger charge is 2.27. The molecular formula is C42H56N2O2P2. The van der Waals surface area contributed by atoms with Crippen LogP contribution in [0.5, 0.6) is 0 Å². The van der Waals surface area contributed by atoms with Crippen molar-refractivity contribution in [3.8, 4) is 0 Å². The van der Waals surface area contributed by atoms with E-state index in [2.05, 4.69) is 154 Å². The van der Waals surface area contributed by atoms with Gasteiger partial charge in [0.15, 0.2) is 0 Å². The van der Waals surface area contributed by atoms with E-state index in [1.165, 1.54) is 54.8 Å². The maximum atomic E-state index is 6.13. The first-order chi connectivity index (χ1) is 22.7. The first-order valence-corrected chi connectivity index (χ1v) is 19.0. The van der Waals surface area contributed by atoms with Crippen LogP contribution in [-0.2, 0) is 9.47 Å². The van der Waals surface area contributed by atoms with Gasteiger partial charge in [0, 0.05) is 71.9 Å². The second kappa shape index (κ2) is 15.9. The van der Waals surface area contributed by atoms with Crippen molar-refractivity contribution in [2.75, 3.05) is 52.2 Å². The minimum atomic E-state index is 0.407. The van der Waals surface area contributed by atoms with E-state index in [1.807, 2.05) is 0 Å². The number of hydrogen-bond donors (Lipinski definition) is 0. The summed E-state index contributed by atoms with van der Waals surface area (Å²) in [6, 6.07) is 9.63. The quantitative estimate of drug-likeness (QED) is 0.233. The molecule has 0 amide bonds. The zero-order chi connectivity index (χ0) is 35.4. The average Bonchev–Trinajstić information content (AvgIpc) is 3.03. The Labute approximate surface area is 294 Å². The number of allylic oxidation sites excluding steroid dienone is 8. The number of benzene rings is 2. The Bertz CT molecular complexity index is 1560. The van der Waals surface area contributed by atoms with Gasteiger partial charge in [-0.1, -0.05) is 84.0 Å². The normalized spacial score (nSPS) is 18.0. The van der Waals surface area contributed by atoms with Crippen molar-refractivity contribution in [3.63, 3.8) is 0 Å². The number of ether oxygens (including phenoxy) is 2. The lowest BCUT2D eigenvalue weighted by atomic mass is 9.92. The van der Waals surface area contributed by atoms with Crippen molar-refractivity contribution in [3.05, 3.63) is 106 Å². The zero-order valence-corrected chi connectivity index (χ0v) is 33.5. The van der Waals surface area contributed by atoms with E-state index in [0.717, 1.165) is 39.1 Å². The molecule has 0 unspecified atom stereocenters. The minimum Gasteiger partial charge on any atom is -0.496 e. The molecule has 0 spiro atoms. The third kappa shape index (κ3) is 7.93. The molecule has 48 heavy (non-hydrogen) atoms. The molecule has 0 bridgehead atoms. The Morgan fingerprint density at radius 3 is 1.02 bits per heavy atom. The van der Waals surface area contributed by atoms with Gasteiger partial charge in [0.25, 0.3) is 0 Å². The number of methoxy groups -OCH3 is 2. The summed E-state index contributed by atoms with van der Waals surface area (Å²) in [4.78, 5) is 4.56. The fourth-order valence-electron chi connectivity index (χ4n) is 6.60. The molecule has 0 fully saturated rings. The lowest BCUT2D eigenvalue weighted by Crippen LogP contribution is -2.20. The smallest absolute Gasteiger partial charge is 0.127 e. The molecule has 0 aromatic heterocycles. The van der Waals surface area contributed by atoms with Crippen molar-refractivity contribution in [1.29, 1.82) is 0 Å².